The molecule has 0 aromatic heterocycles. The van der Waals surface area contributed by atoms with Crippen LogP contribution in [0.15, 0.2) is 18.2 Å². The Morgan fingerprint density at radius 3 is 2.00 bits per heavy atom. The predicted molar refractivity (Wildman–Crippen MR) is 128 cm³/mol. The number of rotatable bonds is 10. The van der Waals surface area contributed by atoms with Crippen LogP contribution >= 0.6 is 0 Å². The second-order valence-electron chi connectivity index (χ2n) is 10.5. The van der Waals surface area contributed by atoms with Crippen molar-refractivity contribution in [1.29, 1.82) is 0 Å². The number of Topliss-reactive ketones (excluding diaryl/α,β-unsaturated/α-hetero) is 1. The molecule has 2 fully saturated rings. The second kappa shape index (κ2) is 11.6. The van der Waals surface area contributed by atoms with Gasteiger partial charge in [-0.15, -0.1) is 0 Å². The number of hydrogen-bond acceptors (Lipinski definition) is 4. The van der Waals surface area contributed by atoms with Crippen LogP contribution in [0.1, 0.15) is 85.7 Å². The molecule has 0 atom stereocenters. The van der Waals surface area contributed by atoms with E-state index in [2.05, 4.69) is 9.62 Å². The lowest BCUT2D eigenvalue weighted by molar-refractivity contribution is -0.143. The number of unbranched alkanes of at least 4 members (excludes halogenated alkanes) is 1. The highest BCUT2D eigenvalue weighted by Gasteiger charge is 2.39. The number of alkyl halides is 6. The van der Waals surface area contributed by atoms with Crippen LogP contribution in [-0.4, -0.2) is 50.5 Å². The Morgan fingerprint density at radius 2 is 1.51 bits per heavy atom. The SMILES string of the molecule is CS(=O)(=O)NC1(CN2CCC(CCCCC(=O)c3cc(C(F)(F)F)cc(C(F)(F)F)c3)CC2)CCCC1. The van der Waals surface area contributed by atoms with E-state index >= 15 is 0 Å². The minimum absolute atomic E-state index is 0.0227. The third-order valence-corrected chi connectivity index (χ3v) is 8.18. The Bertz CT molecular complexity index is 1010. The molecule has 0 spiro atoms. The number of nitrogens with one attached hydrogen (secondary N) is 1. The van der Waals surface area contributed by atoms with Crippen LogP contribution in [0.4, 0.5) is 26.3 Å². The maximum absolute atomic E-state index is 13.0. The molecule has 1 aromatic rings. The molecule has 0 radical (unpaired) electrons. The van der Waals surface area contributed by atoms with Crippen LogP contribution in [0.2, 0.25) is 0 Å². The fraction of sp³-hybridized carbons (Fsp3) is 0.720. The summed E-state index contributed by atoms with van der Waals surface area (Å²) >= 11 is 0. The van der Waals surface area contributed by atoms with Crippen LogP contribution in [0.5, 0.6) is 0 Å². The molecule has 1 heterocycles. The van der Waals surface area contributed by atoms with Crippen LogP contribution in [-0.2, 0) is 22.4 Å². The topological polar surface area (TPSA) is 66.5 Å². The van der Waals surface area contributed by atoms with Crippen LogP contribution in [0.3, 0.4) is 0 Å². The molecule has 210 valence electrons. The highest BCUT2D eigenvalue weighted by molar-refractivity contribution is 7.88. The van der Waals surface area contributed by atoms with Crippen molar-refractivity contribution in [2.75, 3.05) is 25.9 Å². The summed E-state index contributed by atoms with van der Waals surface area (Å²) in [5, 5.41) is 0. The molecular weight excluding hydrogens is 522 g/mol. The molecule has 3 rings (SSSR count). The quantitative estimate of drug-likeness (QED) is 0.217. The molecule has 1 aromatic carbocycles. The van der Waals surface area contributed by atoms with E-state index in [0.29, 0.717) is 37.4 Å². The fourth-order valence-electron chi connectivity index (χ4n) is 5.58. The van der Waals surface area contributed by atoms with E-state index in [1.807, 2.05) is 0 Å². The summed E-state index contributed by atoms with van der Waals surface area (Å²) in [6, 6.07) is 1.00. The average molecular weight is 557 g/mol. The normalized spacial score (nSPS) is 19.9. The van der Waals surface area contributed by atoms with Crippen LogP contribution < -0.4 is 4.72 Å². The lowest BCUT2D eigenvalue weighted by Crippen LogP contribution is -2.54. The van der Waals surface area contributed by atoms with Gasteiger partial charge in [0.1, 0.15) is 0 Å². The Kier molecular flexibility index (Phi) is 9.38. The molecule has 1 N–H and O–H groups in total. The predicted octanol–water partition coefficient (Wildman–Crippen LogP) is 6.04. The molecular formula is C25H34F6N2O3S. The first kappa shape index (κ1) is 29.9. The lowest BCUT2D eigenvalue weighted by atomic mass is 9.89. The molecule has 0 amide bonds. The van der Waals surface area contributed by atoms with Gasteiger partial charge in [0.15, 0.2) is 5.78 Å². The number of benzene rings is 1. The van der Waals surface area contributed by atoms with Gasteiger partial charge in [-0.3, -0.25) is 4.79 Å². The largest absolute Gasteiger partial charge is 0.416 e. The second-order valence-corrected chi connectivity index (χ2v) is 12.3. The van der Waals surface area contributed by atoms with Crippen molar-refractivity contribution in [2.45, 2.75) is 82.1 Å². The van der Waals surface area contributed by atoms with Gasteiger partial charge in [0.25, 0.3) is 0 Å². The van der Waals surface area contributed by atoms with Crippen molar-refractivity contribution < 1.29 is 39.6 Å². The Morgan fingerprint density at radius 1 is 0.973 bits per heavy atom. The van der Waals surface area contributed by atoms with Gasteiger partial charge >= 0.3 is 12.4 Å². The molecule has 1 aliphatic carbocycles. The van der Waals surface area contributed by atoms with Gasteiger partial charge in [0, 0.05) is 24.1 Å². The van der Waals surface area contributed by atoms with E-state index < -0.39 is 50.4 Å². The first-order valence-electron chi connectivity index (χ1n) is 12.6. The van der Waals surface area contributed by atoms with Crippen molar-refractivity contribution in [3.63, 3.8) is 0 Å². The van der Waals surface area contributed by atoms with Crippen molar-refractivity contribution >= 4 is 15.8 Å². The molecule has 0 unspecified atom stereocenters. The Balaban J connectivity index is 1.46. The fourth-order valence-corrected chi connectivity index (χ4v) is 6.63. The maximum Gasteiger partial charge on any atom is 0.416 e. The van der Waals surface area contributed by atoms with Crippen molar-refractivity contribution in [1.82, 2.24) is 9.62 Å². The van der Waals surface area contributed by atoms with Crippen LogP contribution in [0.25, 0.3) is 0 Å². The lowest BCUT2D eigenvalue weighted by Gasteiger charge is -2.39. The molecule has 37 heavy (non-hydrogen) atoms. The number of hydrogen-bond donors (Lipinski definition) is 1. The van der Waals surface area contributed by atoms with Gasteiger partial charge in [-0.2, -0.15) is 26.3 Å². The summed E-state index contributed by atoms with van der Waals surface area (Å²) in [7, 11) is -3.30. The highest BCUT2D eigenvalue weighted by atomic mass is 32.2. The van der Waals surface area contributed by atoms with E-state index in [-0.39, 0.29) is 12.5 Å². The van der Waals surface area contributed by atoms with Gasteiger partial charge in [0.05, 0.1) is 17.4 Å². The molecule has 12 heteroatoms. The van der Waals surface area contributed by atoms with Gasteiger partial charge in [-0.25, -0.2) is 13.1 Å². The zero-order valence-electron chi connectivity index (χ0n) is 20.8. The molecule has 2 aliphatic rings. The molecule has 5 nitrogen and oxygen atoms in total. The third-order valence-electron chi connectivity index (χ3n) is 7.37. The van der Waals surface area contributed by atoms with E-state index in [0.717, 1.165) is 58.0 Å². The Hall–Kier alpha value is -1.66. The number of halogens is 6. The number of ketones is 1. The minimum Gasteiger partial charge on any atom is -0.301 e. The highest BCUT2D eigenvalue weighted by Crippen LogP contribution is 2.37. The summed E-state index contributed by atoms with van der Waals surface area (Å²) in [4.78, 5) is 14.7. The standard InChI is InChI=1S/C25H34F6N2O3S/c1-37(35,36)32-23(10-4-5-11-23)17-33-12-8-18(9-13-33)6-2-3-7-22(34)19-14-20(24(26,27)28)16-21(15-19)25(29,30)31/h14-16,18,32H,2-13,17H2,1H3. The first-order chi connectivity index (χ1) is 17.1. The first-order valence-corrected chi connectivity index (χ1v) is 14.5. The minimum atomic E-state index is -4.98. The number of sulfonamides is 1. The number of likely N-dealkylation sites (tertiary alicyclic amines) is 1. The summed E-state index contributed by atoms with van der Waals surface area (Å²) in [5.41, 5.74) is -3.94. The summed E-state index contributed by atoms with van der Waals surface area (Å²) in [6.45, 7) is 2.35. The summed E-state index contributed by atoms with van der Waals surface area (Å²) in [5.74, 6) is -0.314. The molecule has 0 bridgehead atoms. The van der Waals surface area contributed by atoms with E-state index in [9.17, 15) is 39.6 Å². The van der Waals surface area contributed by atoms with E-state index in [1.54, 1.807) is 0 Å². The molecule has 1 saturated carbocycles. The van der Waals surface area contributed by atoms with Crippen molar-refractivity contribution in [3.05, 3.63) is 34.9 Å². The molecule has 1 saturated heterocycles. The van der Waals surface area contributed by atoms with E-state index in [1.165, 1.54) is 6.26 Å². The van der Waals surface area contributed by atoms with Gasteiger partial charge in [0.2, 0.25) is 10.0 Å². The van der Waals surface area contributed by atoms with Crippen LogP contribution in [0, 0.1) is 5.92 Å². The van der Waals surface area contributed by atoms with Gasteiger partial charge in [-0.1, -0.05) is 25.7 Å². The average Bonchev–Trinajstić information content (AvgIpc) is 3.22. The maximum atomic E-state index is 13.0. The van der Waals surface area contributed by atoms with Gasteiger partial charge in [-0.05, 0) is 69.3 Å². The van der Waals surface area contributed by atoms with Crippen molar-refractivity contribution in [3.8, 4) is 0 Å². The van der Waals surface area contributed by atoms with Gasteiger partial charge < -0.3 is 4.90 Å². The summed E-state index contributed by atoms with van der Waals surface area (Å²) in [6.07, 6.45) is -1.54. The smallest absolute Gasteiger partial charge is 0.301 e. The number of nitrogens with zero attached hydrogens (tertiary/aromatic N) is 1. The third kappa shape index (κ3) is 8.95. The monoisotopic (exact) mass is 556 g/mol. The molecule has 1 aliphatic heterocycles. The van der Waals surface area contributed by atoms with E-state index in [4.69, 9.17) is 0 Å². The zero-order chi connectivity index (χ0) is 27.5. The zero-order valence-corrected chi connectivity index (χ0v) is 21.7. The summed E-state index contributed by atoms with van der Waals surface area (Å²) < 4.78 is 105. The number of carbonyl (C=O) groups excluding carboxylic acids is 1. The van der Waals surface area contributed by atoms with Crippen molar-refractivity contribution in [2.24, 2.45) is 5.92 Å². The number of piperidine rings is 1. The Labute approximate surface area is 214 Å². The number of carbonyl (C=O) groups is 1.